The maximum Gasteiger partial charge on any atom is 0.270 e. The highest BCUT2D eigenvalue weighted by atomic mass is 16.3. The topological polar surface area (TPSA) is 66.6 Å². The van der Waals surface area contributed by atoms with Gasteiger partial charge in [-0.15, -0.1) is 0 Å². The summed E-state index contributed by atoms with van der Waals surface area (Å²) >= 11 is 0. The number of benzene rings is 1. The summed E-state index contributed by atoms with van der Waals surface area (Å²) in [5.74, 6) is -0.193. The van der Waals surface area contributed by atoms with Crippen LogP contribution in [0.1, 0.15) is 21.6 Å². The van der Waals surface area contributed by atoms with Gasteiger partial charge in [-0.25, -0.2) is 4.98 Å². The van der Waals surface area contributed by atoms with Gasteiger partial charge in [0.2, 0.25) is 0 Å². The molecule has 0 aliphatic carbocycles. The minimum atomic E-state index is -0.193. The lowest BCUT2D eigenvalue weighted by Crippen LogP contribution is -2.24. The maximum absolute atomic E-state index is 12.3. The zero-order valence-corrected chi connectivity index (χ0v) is 11.4. The molecule has 1 amide bonds. The van der Waals surface area contributed by atoms with Crippen LogP contribution < -0.4 is 5.32 Å². The van der Waals surface area contributed by atoms with Crippen molar-refractivity contribution in [2.45, 2.75) is 13.2 Å². The average Bonchev–Trinajstić information content (AvgIpc) is 2.97. The van der Waals surface area contributed by atoms with Crippen molar-refractivity contribution in [3.05, 3.63) is 71.7 Å². The van der Waals surface area contributed by atoms with Crippen molar-refractivity contribution >= 4 is 11.6 Å². The van der Waals surface area contributed by atoms with E-state index in [1.807, 2.05) is 42.5 Å². The molecular weight excluding hydrogens is 266 g/mol. The van der Waals surface area contributed by atoms with E-state index in [0.717, 1.165) is 16.8 Å². The molecule has 5 nitrogen and oxygen atoms in total. The van der Waals surface area contributed by atoms with Crippen molar-refractivity contribution in [1.29, 1.82) is 0 Å². The number of pyridine rings is 1. The third-order valence-corrected chi connectivity index (χ3v) is 3.38. The number of imidazole rings is 1. The Bertz CT molecular complexity index is 780. The summed E-state index contributed by atoms with van der Waals surface area (Å²) in [5.41, 5.74) is 2.95. The van der Waals surface area contributed by atoms with Gasteiger partial charge in [-0.3, -0.25) is 9.20 Å². The molecule has 3 rings (SSSR count). The molecular formula is C16H15N3O2. The van der Waals surface area contributed by atoms with E-state index in [9.17, 15) is 9.90 Å². The van der Waals surface area contributed by atoms with Gasteiger partial charge in [-0.1, -0.05) is 30.3 Å². The molecule has 0 spiro atoms. The Morgan fingerprint density at radius 2 is 1.90 bits per heavy atom. The van der Waals surface area contributed by atoms with Crippen LogP contribution in [0.2, 0.25) is 0 Å². The highest BCUT2D eigenvalue weighted by molar-refractivity contribution is 5.93. The van der Waals surface area contributed by atoms with Crippen molar-refractivity contribution < 1.29 is 9.90 Å². The lowest BCUT2D eigenvalue weighted by atomic mass is 10.1. The second-order valence-electron chi connectivity index (χ2n) is 4.68. The molecule has 2 N–H and O–H groups in total. The SMILES string of the molecule is O=C(NCc1ccccc1CO)c1cnc2ccccn12. The summed E-state index contributed by atoms with van der Waals surface area (Å²) < 4.78 is 1.74. The molecule has 5 heteroatoms. The first-order valence-electron chi connectivity index (χ1n) is 6.67. The molecule has 1 aromatic carbocycles. The van der Waals surface area contributed by atoms with Gasteiger partial charge in [-0.2, -0.15) is 0 Å². The highest BCUT2D eigenvalue weighted by Gasteiger charge is 2.11. The fourth-order valence-corrected chi connectivity index (χ4v) is 2.25. The predicted octanol–water partition coefficient (Wildman–Crippen LogP) is 1.76. The Morgan fingerprint density at radius 3 is 2.71 bits per heavy atom. The molecule has 3 aromatic rings. The maximum atomic E-state index is 12.3. The Morgan fingerprint density at radius 1 is 1.14 bits per heavy atom. The summed E-state index contributed by atoms with van der Waals surface area (Å²) in [6, 6.07) is 13.1. The third kappa shape index (κ3) is 2.64. The number of aliphatic hydroxyl groups excluding tert-OH is 1. The molecule has 0 radical (unpaired) electrons. The molecule has 0 aliphatic heterocycles. The first kappa shape index (κ1) is 13.3. The molecule has 0 bridgehead atoms. The van der Waals surface area contributed by atoms with Gasteiger partial charge in [0.25, 0.3) is 5.91 Å². The fraction of sp³-hybridized carbons (Fsp3) is 0.125. The second kappa shape index (κ2) is 5.76. The van der Waals surface area contributed by atoms with E-state index in [2.05, 4.69) is 10.3 Å². The number of rotatable bonds is 4. The first-order valence-corrected chi connectivity index (χ1v) is 6.67. The van der Waals surface area contributed by atoms with E-state index in [0.29, 0.717) is 12.2 Å². The lowest BCUT2D eigenvalue weighted by Gasteiger charge is -2.08. The monoisotopic (exact) mass is 281 g/mol. The van der Waals surface area contributed by atoms with Crippen LogP contribution in [-0.2, 0) is 13.2 Å². The number of aromatic nitrogens is 2. The van der Waals surface area contributed by atoms with Crippen molar-refractivity contribution in [1.82, 2.24) is 14.7 Å². The molecule has 2 heterocycles. The Balaban J connectivity index is 1.78. The minimum Gasteiger partial charge on any atom is -0.392 e. The number of nitrogens with zero attached hydrogens (tertiary/aromatic N) is 2. The van der Waals surface area contributed by atoms with Crippen molar-refractivity contribution in [3.63, 3.8) is 0 Å². The largest absolute Gasteiger partial charge is 0.392 e. The van der Waals surface area contributed by atoms with E-state index in [4.69, 9.17) is 0 Å². The van der Waals surface area contributed by atoms with Crippen LogP contribution in [0.3, 0.4) is 0 Å². The van der Waals surface area contributed by atoms with Gasteiger partial charge in [0.15, 0.2) is 0 Å². The van der Waals surface area contributed by atoms with Crippen LogP contribution in [0, 0.1) is 0 Å². The zero-order chi connectivity index (χ0) is 14.7. The Kier molecular flexibility index (Phi) is 3.66. The number of carbonyl (C=O) groups excluding carboxylic acids is 1. The Hall–Kier alpha value is -2.66. The molecule has 21 heavy (non-hydrogen) atoms. The molecule has 2 aromatic heterocycles. The lowest BCUT2D eigenvalue weighted by molar-refractivity contribution is 0.0944. The van der Waals surface area contributed by atoms with Crippen molar-refractivity contribution in [2.75, 3.05) is 0 Å². The number of amides is 1. The minimum absolute atomic E-state index is 0.0400. The van der Waals surface area contributed by atoms with Gasteiger partial charge in [-0.05, 0) is 23.3 Å². The molecule has 0 atom stereocenters. The standard InChI is InChI=1S/C16H15N3O2/c20-11-13-6-2-1-5-12(13)9-18-16(21)14-10-17-15-7-3-4-8-19(14)15/h1-8,10,20H,9,11H2,(H,18,21). The van der Waals surface area contributed by atoms with E-state index < -0.39 is 0 Å². The summed E-state index contributed by atoms with van der Waals surface area (Å²) in [6.45, 7) is 0.331. The summed E-state index contributed by atoms with van der Waals surface area (Å²) in [5, 5.41) is 12.1. The number of carbonyl (C=O) groups is 1. The predicted molar refractivity (Wildman–Crippen MR) is 78.7 cm³/mol. The van der Waals surface area contributed by atoms with E-state index in [1.165, 1.54) is 0 Å². The van der Waals surface area contributed by atoms with E-state index >= 15 is 0 Å². The first-order chi connectivity index (χ1) is 10.3. The number of hydrogen-bond donors (Lipinski definition) is 2. The molecule has 0 saturated carbocycles. The smallest absolute Gasteiger partial charge is 0.270 e. The van der Waals surface area contributed by atoms with Crippen molar-refractivity contribution in [2.24, 2.45) is 0 Å². The summed E-state index contributed by atoms with van der Waals surface area (Å²) in [7, 11) is 0. The second-order valence-corrected chi connectivity index (χ2v) is 4.68. The van der Waals surface area contributed by atoms with Crippen LogP contribution in [-0.4, -0.2) is 20.4 Å². The highest BCUT2D eigenvalue weighted by Crippen LogP contribution is 2.10. The van der Waals surface area contributed by atoms with Gasteiger partial charge in [0, 0.05) is 12.7 Å². The number of fused-ring (bicyclic) bond motifs is 1. The van der Waals surface area contributed by atoms with Crippen LogP contribution in [0.4, 0.5) is 0 Å². The summed E-state index contributed by atoms with van der Waals surface area (Å²) in [6.07, 6.45) is 3.36. The average molecular weight is 281 g/mol. The number of aliphatic hydroxyl groups is 1. The number of nitrogens with one attached hydrogen (secondary N) is 1. The Labute approximate surface area is 121 Å². The molecule has 0 unspecified atom stereocenters. The molecule has 0 fully saturated rings. The number of hydrogen-bond acceptors (Lipinski definition) is 3. The van der Waals surface area contributed by atoms with E-state index in [-0.39, 0.29) is 12.5 Å². The van der Waals surface area contributed by atoms with Gasteiger partial charge in [0.1, 0.15) is 11.3 Å². The zero-order valence-electron chi connectivity index (χ0n) is 11.4. The van der Waals surface area contributed by atoms with Gasteiger partial charge >= 0.3 is 0 Å². The molecule has 0 saturated heterocycles. The van der Waals surface area contributed by atoms with Crippen LogP contribution in [0.5, 0.6) is 0 Å². The third-order valence-electron chi connectivity index (χ3n) is 3.38. The van der Waals surface area contributed by atoms with Crippen molar-refractivity contribution in [3.8, 4) is 0 Å². The molecule has 0 aliphatic rings. The van der Waals surface area contributed by atoms with Crippen LogP contribution >= 0.6 is 0 Å². The summed E-state index contributed by atoms with van der Waals surface area (Å²) in [4.78, 5) is 16.4. The van der Waals surface area contributed by atoms with Crippen LogP contribution in [0.25, 0.3) is 5.65 Å². The quantitative estimate of drug-likeness (QED) is 0.765. The fourth-order valence-electron chi connectivity index (χ4n) is 2.25. The normalized spacial score (nSPS) is 10.7. The van der Waals surface area contributed by atoms with E-state index in [1.54, 1.807) is 16.8 Å². The van der Waals surface area contributed by atoms with Gasteiger partial charge < -0.3 is 10.4 Å². The van der Waals surface area contributed by atoms with Gasteiger partial charge in [0.05, 0.1) is 12.8 Å². The molecule has 106 valence electrons. The van der Waals surface area contributed by atoms with Crippen LogP contribution in [0.15, 0.2) is 54.9 Å².